The van der Waals surface area contributed by atoms with Gasteiger partial charge in [-0.1, -0.05) is 6.08 Å². The molecule has 1 rings (SSSR count). The molecule has 0 saturated heterocycles. The van der Waals surface area contributed by atoms with E-state index in [0.717, 1.165) is 18.5 Å². The number of carboxylic acids is 1. The fraction of sp³-hybridized carbons (Fsp3) is 0.500. The van der Waals surface area contributed by atoms with Crippen LogP contribution in [0.2, 0.25) is 0 Å². The number of carbonyl (C=O) groups is 1. The van der Waals surface area contributed by atoms with Gasteiger partial charge in [-0.2, -0.15) is 0 Å². The highest BCUT2D eigenvalue weighted by atomic mass is 16.4. The summed E-state index contributed by atoms with van der Waals surface area (Å²) in [4.78, 5) is 9.95. The van der Waals surface area contributed by atoms with Crippen LogP contribution in [-0.4, -0.2) is 17.6 Å². The third-order valence-electron chi connectivity index (χ3n) is 1.27. The average molecular weight is 127 g/mol. The Labute approximate surface area is 53.4 Å². The summed E-state index contributed by atoms with van der Waals surface area (Å²) in [6.07, 6.45) is 4.10. The van der Waals surface area contributed by atoms with Crippen molar-refractivity contribution in [3.63, 3.8) is 0 Å². The van der Waals surface area contributed by atoms with Crippen LogP contribution in [-0.2, 0) is 4.79 Å². The van der Waals surface area contributed by atoms with Gasteiger partial charge in [0, 0.05) is 5.70 Å². The monoisotopic (exact) mass is 127 g/mol. The Morgan fingerprint density at radius 1 is 1.89 bits per heavy atom. The minimum Gasteiger partial charge on any atom is -0.480 e. The highest BCUT2D eigenvalue weighted by Gasteiger charge is 2.05. The summed E-state index contributed by atoms with van der Waals surface area (Å²) < 4.78 is 0. The SMILES string of the molecule is O=C(O)CNC1=CCC1. The predicted molar refractivity (Wildman–Crippen MR) is 33.0 cm³/mol. The number of aliphatic carboxylic acids is 1. The minimum atomic E-state index is -0.803. The Morgan fingerprint density at radius 3 is 2.89 bits per heavy atom. The second-order valence-electron chi connectivity index (χ2n) is 2.02. The fourth-order valence-electron chi connectivity index (χ4n) is 0.638. The number of hydrogen-bond donors (Lipinski definition) is 2. The van der Waals surface area contributed by atoms with Crippen LogP contribution in [0.5, 0.6) is 0 Å². The van der Waals surface area contributed by atoms with Gasteiger partial charge in [-0.05, 0) is 12.8 Å². The van der Waals surface area contributed by atoms with Crippen molar-refractivity contribution in [1.82, 2.24) is 5.32 Å². The summed E-state index contributed by atoms with van der Waals surface area (Å²) in [7, 11) is 0. The van der Waals surface area contributed by atoms with E-state index >= 15 is 0 Å². The lowest BCUT2D eigenvalue weighted by atomic mass is 10.1. The zero-order chi connectivity index (χ0) is 6.69. The predicted octanol–water partition coefficient (Wildman–Crippen LogP) is 0.338. The summed E-state index contributed by atoms with van der Waals surface area (Å²) in [5, 5.41) is 11.0. The van der Waals surface area contributed by atoms with E-state index in [1.165, 1.54) is 0 Å². The van der Waals surface area contributed by atoms with Crippen LogP contribution in [0.15, 0.2) is 11.8 Å². The molecule has 0 fully saturated rings. The molecule has 0 atom stereocenters. The highest BCUT2D eigenvalue weighted by molar-refractivity contribution is 5.69. The largest absolute Gasteiger partial charge is 0.480 e. The molecule has 9 heavy (non-hydrogen) atoms. The van der Waals surface area contributed by atoms with E-state index in [9.17, 15) is 4.79 Å². The summed E-state index contributed by atoms with van der Waals surface area (Å²) in [6.45, 7) is 0.0475. The van der Waals surface area contributed by atoms with E-state index < -0.39 is 5.97 Å². The molecular formula is C6H9NO2. The Morgan fingerprint density at radius 2 is 2.56 bits per heavy atom. The van der Waals surface area contributed by atoms with Gasteiger partial charge in [-0.25, -0.2) is 0 Å². The van der Waals surface area contributed by atoms with Gasteiger partial charge < -0.3 is 10.4 Å². The van der Waals surface area contributed by atoms with Crippen LogP contribution in [0.4, 0.5) is 0 Å². The molecule has 0 amide bonds. The zero-order valence-electron chi connectivity index (χ0n) is 5.05. The van der Waals surface area contributed by atoms with Crippen molar-refractivity contribution in [2.24, 2.45) is 0 Å². The molecule has 3 nitrogen and oxygen atoms in total. The standard InChI is InChI=1S/C6H9NO2/c8-6(9)4-7-5-2-1-3-5/h2,7H,1,3-4H2,(H,8,9). The Hall–Kier alpha value is -0.990. The first kappa shape index (κ1) is 6.13. The van der Waals surface area contributed by atoms with Crippen molar-refractivity contribution in [3.05, 3.63) is 11.8 Å². The van der Waals surface area contributed by atoms with Gasteiger partial charge in [0.25, 0.3) is 0 Å². The number of hydrogen-bond acceptors (Lipinski definition) is 2. The molecule has 0 radical (unpaired) electrons. The van der Waals surface area contributed by atoms with Crippen molar-refractivity contribution < 1.29 is 9.90 Å². The van der Waals surface area contributed by atoms with Crippen LogP contribution in [0, 0.1) is 0 Å². The first-order valence-electron chi connectivity index (χ1n) is 2.94. The molecule has 1 aliphatic rings. The molecule has 0 unspecified atom stereocenters. The molecule has 0 aromatic rings. The number of allylic oxidation sites excluding steroid dienone is 2. The molecule has 0 bridgehead atoms. The molecule has 0 aliphatic heterocycles. The van der Waals surface area contributed by atoms with Gasteiger partial charge in [0.15, 0.2) is 0 Å². The van der Waals surface area contributed by atoms with Gasteiger partial charge in [0.05, 0.1) is 0 Å². The Balaban J connectivity index is 2.12. The Bertz CT molecular complexity index is 151. The van der Waals surface area contributed by atoms with Crippen molar-refractivity contribution in [2.75, 3.05) is 6.54 Å². The van der Waals surface area contributed by atoms with Gasteiger partial charge in [0.2, 0.25) is 0 Å². The molecule has 0 spiro atoms. The van der Waals surface area contributed by atoms with Crippen LogP contribution < -0.4 is 5.32 Å². The lowest BCUT2D eigenvalue weighted by molar-refractivity contribution is -0.135. The van der Waals surface area contributed by atoms with Crippen LogP contribution in [0.3, 0.4) is 0 Å². The van der Waals surface area contributed by atoms with Crippen molar-refractivity contribution in [1.29, 1.82) is 0 Å². The first-order chi connectivity index (χ1) is 4.29. The number of carboxylic acid groups (broad SMARTS) is 1. The molecule has 50 valence electrons. The molecule has 1 aliphatic carbocycles. The summed E-state index contributed by atoms with van der Waals surface area (Å²) in [6, 6.07) is 0. The third kappa shape index (κ3) is 1.76. The minimum absolute atomic E-state index is 0.0475. The summed E-state index contributed by atoms with van der Waals surface area (Å²) in [5.41, 5.74) is 1.07. The summed E-state index contributed by atoms with van der Waals surface area (Å²) >= 11 is 0. The number of rotatable bonds is 3. The normalized spacial score (nSPS) is 15.8. The van der Waals surface area contributed by atoms with E-state index in [0.29, 0.717) is 0 Å². The van der Waals surface area contributed by atoms with E-state index in [1.807, 2.05) is 6.08 Å². The molecule has 2 N–H and O–H groups in total. The second kappa shape index (κ2) is 2.53. The molecule has 0 aromatic carbocycles. The number of nitrogens with one attached hydrogen (secondary N) is 1. The molecular weight excluding hydrogens is 118 g/mol. The average Bonchev–Trinajstić information content (AvgIpc) is 1.60. The smallest absolute Gasteiger partial charge is 0.322 e. The highest BCUT2D eigenvalue weighted by Crippen LogP contribution is 2.13. The van der Waals surface area contributed by atoms with Gasteiger partial charge in [0.1, 0.15) is 6.54 Å². The lowest BCUT2D eigenvalue weighted by Crippen LogP contribution is -2.24. The van der Waals surface area contributed by atoms with E-state index in [1.54, 1.807) is 0 Å². The van der Waals surface area contributed by atoms with E-state index in [-0.39, 0.29) is 6.54 Å². The van der Waals surface area contributed by atoms with Crippen molar-refractivity contribution in [2.45, 2.75) is 12.8 Å². The third-order valence-corrected chi connectivity index (χ3v) is 1.27. The van der Waals surface area contributed by atoms with Crippen molar-refractivity contribution in [3.8, 4) is 0 Å². The fourth-order valence-corrected chi connectivity index (χ4v) is 0.638. The quantitative estimate of drug-likeness (QED) is 0.574. The van der Waals surface area contributed by atoms with E-state index in [2.05, 4.69) is 5.32 Å². The molecule has 3 heteroatoms. The van der Waals surface area contributed by atoms with Crippen LogP contribution in [0.25, 0.3) is 0 Å². The zero-order valence-corrected chi connectivity index (χ0v) is 5.05. The lowest BCUT2D eigenvalue weighted by Gasteiger charge is -2.14. The molecule has 0 heterocycles. The molecule has 0 saturated carbocycles. The first-order valence-corrected chi connectivity index (χ1v) is 2.94. The van der Waals surface area contributed by atoms with E-state index in [4.69, 9.17) is 5.11 Å². The van der Waals surface area contributed by atoms with Gasteiger partial charge in [-0.3, -0.25) is 4.79 Å². The molecule has 0 aromatic heterocycles. The maximum Gasteiger partial charge on any atom is 0.322 e. The maximum atomic E-state index is 9.95. The van der Waals surface area contributed by atoms with Crippen molar-refractivity contribution >= 4 is 5.97 Å². The summed E-state index contributed by atoms with van der Waals surface area (Å²) in [5.74, 6) is -0.803. The van der Waals surface area contributed by atoms with Crippen LogP contribution >= 0.6 is 0 Å². The topological polar surface area (TPSA) is 49.3 Å². The van der Waals surface area contributed by atoms with Gasteiger partial charge >= 0.3 is 5.97 Å². The Kier molecular flexibility index (Phi) is 1.72. The van der Waals surface area contributed by atoms with Gasteiger partial charge in [-0.15, -0.1) is 0 Å². The van der Waals surface area contributed by atoms with Crippen LogP contribution in [0.1, 0.15) is 12.8 Å². The second-order valence-corrected chi connectivity index (χ2v) is 2.02. The maximum absolute atomic E-state index is 9.95.